The first-order chi connectivity index (χ1) is 29.6. The predicted octanol–water partition coefficient (Wildman–Crippen LogP) is 15.2. The van der Waals surface area contributed by atoms with E-state index < -0.39 is 0 Å². The molecular formula is C57H41N3. The summed E-state index contributed by atoms with van der Waals surface area (Å²) in [4.78, 5) is 10.2. The molecule has 0 atom stereocenters. The molecule has 284 valence electrons. The van der Waals surface area contributed by atoms with Crippen molar-refractivity contribution >= 4 is 32.8 Å². The number of benzene rings is 7. The summed E-state index contributed by atoms with van der Waals surface area (Å²) < 4.78 is 2.19. The fraction of sp³-hybridized carbons (Fsp3) is 0.0175. The van der Waals surface area contributed by atoms with Gasteiger partial charge in [-0.25, -0.2) is 9.97 Å². The van der Waals surface area contributed by atoms with Crippen molar-refractivity contribution in [2.24, 2.45) is 0 Å². The van der Waals surface area contributed by atoms with Gasteiger partial charge in [-0.05, 0) is 116 Å². The first kappa shape index (κ1) is 36.5. The molecule has 60 heavy (non-hydrogen) atoms. The average molecular weight is 768 g/mol. The van der Waals surface area contributed by atoms with Gasteiger partial charge in [0.15, 0.2) is 0 Å². The van der Waals surface area contributed by atoms with Crippen molar-refractivity contribution < 1.29 is 0 Å². The van der Waals surface area contributed by atoms with E-state index in [1.807, 2.05) is 49.4 Å². The summed E-state index contributed by atoms with van der Waals surface area (Å²) in [7, 11) is 0. The number of rotatable bonds is 9. The maximum atomic E-state index is 5.15. The van der Waals surface area contributed by atoms with E-state index in [0.29, 0.717) is 0 Å². The highest BCUT2D eigenvalue weighted by Crippen LogP contribution is 2.41. The molecule has 0 spiro atoms. The zero-order valence-electron chi connectivity index (χ0n) is 33.3. The molecule has 0 N–H and O–H groups in total. The van der Waals surface area contributed by atoms with Crippen molar-refractivity contribution in [1.82, 2.24) is 14.4 Å². The van der Waals surface area contributed by atoms with E-state index in [2.05, 4.69) is 187 Å². The number of nitrogens with zero attached hydrogens (tertiary/aromatic N) is 3. The zero-order valence-corrected chi connectivity index (χ0v) is 33.3. The zero-order chi connectivity index (χ0) is 40.4. The van der Waals surface area contributed by atoms with Gasteiger partial charge in [-0.2, -0.15) is 0 Å². The summed E-state index contributed by atoms with van der Waals surface area (Å²) >= 11 is 0. The van der Waals surface area contributed by atoms with Gasteiger partial charge >= 0.3 is 0 Å². The average Bonchev–Trinajstić information content (AvgIpc) is 3.71. The highest BCUT2D eigenvalue weighted by Gasteiger charge is 2.18. The molecule has 0 aliphatic rings. The third-order valence-electron chi connectivity index (χ3n) is 11.2. The van der Waals surface area contributed by atoms with E-state index in [0.717, 1.165) is 78.5 Å². The van der Waals surface area contributed by atoms with Crippen LogP contribution in [0.5, 0.6) is 0 Å². The molecule has 0 aliphatic heterocycles. The van der Waals surface area contributed by atoms with Crippen molar-refractivity contribution in [2.45, 2.75) is 6.92 Å². The number of pyridine rings is 2. The fourth-order valence-corrected chi connectivity index (χ4v) is 8.29. The highest BCUT2D eigenvalue weighted by atomic mass is 15.0. The normalized spacial score (nSPS) is 11.7. The Labute approximate surface area is 350 Å². The van der Waals surface area contributed by atoms with Crippen LogP contribution in [0.15, 0.2) is 225 Å². The van der Waals surface area contributed by atoms with Crippen LogP contribution in [0.3, 0.4) is 0 Å². The summed E-state index contributed by atoms with van der Waals surface area (Å²) in [6.45, 7) is 6.46. The van der Waals surface area contributed by atoms with Crippen LogP contribution < -0.4 is 0 Å². The molecule has 10 rings (SSSR count). The Kier molecular flexibility index (Phi) is 9.61. The third-order valence-corrected chi connectivity index (χ3v) is 11.2. The van der Waals surface area contributed by atoms with E-state index in [9.17, 15) is 0 Å². The molecule has 0 saturated heterocycles. The number of aromatic nitrogens is 3. The predicted molar refractivity (Wildman–Crippen MR) is 254 cm³/mol. The minimum absolute atomic E-state index is 0.835. The van der Waals surface area contributed by atoms with Crippen LogP contribution in [0.25, 0.3) is 99.9 Å². The molecular weight excluding hydrogens is 727 g/mol. The summed E-state index contributed by atoms with van der Waals surface area (Å²) in [5, 5.41) is 4.93. The highest BCUT2D eigenvalue weighted by molar-refractivity contribution is 6.14. The number of hydrogen-bond acceptors (Lipinski definition) is 2. The van der Waals surface area contributed by atoms with Crippen LogP contribution in [0.2, 0.25) is 0 Å². The van der Waals surface area contributed by atoms with Crippen LogP contribution in [0.1, 0.15) is 12.6 Å². The second-order valence-corrected chi connectivity index (χ2v) is 15.1. The van der Waals surface area contributed by atoms with Crippen molar-refractivity contribution in [2.75, 3.05) is 0 Å². The number of allylic oxidation sites excluding steroid dienone is 5. The van der Waals surface area contributed by atoms with Crippen molar-refractivity contribution in [3.8, 4) is 67.2 Å². The summed E-state index contributed by atoms with van der Waals surface area (Å²) in [5.41, 5.74) is 15.5. The lowest BCUT2D eigenvalue weighted by atomic mass is 9.88. The first-order valence-electron chi connectivity index (χ1n) is 20.4. The van der Waals surface area contributed by atoms with Gasteiger partial charge in [0.05, 0.1) is 22.8 Å². The van der Waals surface area contributed by atoms with Gasteiger partial charge in [0.2, 0.25) is 0 Å². The summed E-state index contributed by atoms with van der Waals surface area (Å²) in [6.07, 6.45) is 10.2. The Morgan fingerprint density at radius 3 is 1.87 bits per heavy atom. The molecule has 0 saturated carbocycles. The molecule has 0 bridgehead atoms. The van der Waals surface area contributed by atoms with Crippen LogP contribution in [0.4, 0.5) is 0 Å². The maximum Gasteiger partial charge on any atom is 0.137 e. The van der Waals surface area contributed by atoms with E-state index in [4.69, 9.17) is 9.97 Å². The smallest absolute Gasteiger partial charge is 0.137 e. The molecule has 0 fully saturated rings. The molecule has 0 amide bonds. The Bertz CT molecular complexity index is 3260. The molecule has 0 aliphatic carbocycles. The molecule has 3 aromatic heterocycles. The summed E-state index contributed by atoms with van der Waals surface area (Å²) in [6, 6.07) is 67.1. The lowest BCUT2D eigenvalue weighted by Gasteiger charge is -2.16. The molecule has 7 aromatic carbocycles. The molecule has 10 aromatic rings. The van der Waals surface area contributed by atoms with E-state index in [1.54, 1.807) is 0 Å². The quantitative estimate of drug-likeness (QED) is 0.108. The van der Waals surface area contributed by atoms with Crippen molar-refractivity contribution in [3.63, 3.8) is 0 Å². The number of hydrogen-bond donors (Lipinski definition) is 0. The summed E-state index contributed by atoms with van der Waals surface area (Å²) in [5.74, 6) is 0. The van der Waals surface area contributed by atoms with Gasteiger partial charge in [-0.1, -0.05) is 170 Å². The lowest BCUT2D eigenvalue weighted by molar-refractivity contribution is 1.19. The van der Waals surface area contributed by atoms with Gasteiger partial charge in [0.1, 0.15) is 5.65 Å². The second kappa shape index (κ2) is 15.8. The molecule has 3 heterocycles. The lowest BCUT2D eigenvalue weighted by Crippen LogP contribution is -1.94. The van der Waals surface area contributed by atoms with Gasteiger partial charge in [-0.3, -0.25) is 4.40 Å². The standard InChI is InChI=1S/C57H41N3/c1-3-4-7-18-39(2)53-37-47(38-54(58-53)41-19-8-5-9-20-41)46-33-45(34-48(35-46)52-36-44-23-12-13-24-49(44)50-25-14-15-26-51(50)52)40-28-30-43(31-29-40)57-56(42-21-10-6-11-22-42)59-55-27-16-17-32-60(55)57/h3-38H,2H2,1H3/b4-3-,18-7-. The fourth-order valence-electron chi connectivity index (χ4n) is 8.29. The van der Waals surface area contributed by atoms with Gasteiger partial charge in [0, 0.05) is 22.9 Å². The van der Waals surface area contributed by atoms with Gasteiger partial charge in [0.25, 0.3) is 0 Å². The van der Waals surface area contributed by atoms with Gasteiger partial charge < -0.3 is 0 Å². The third kappa shape index (κ3) is 6.93. The van der Waals surface area contributed by atoms with Crippen LogP contribution >= 0.6 is 0 Å². The van der Waals surface area contributed by atoms with Crippen molar-refractivity contribution in [1.29, 1.82) is 0 Å². The first-order valence-corrected chi connectivity index (χ1v) is 20.4. The minimum Gasteiger partial charge on any atom is -0.299 e. The monoisotopic (exact) mass is 767 g/mol. The molecule has 0 radical (unpaired) electrons. The molecule has 3 heteroatoms. The Balaban J connectivity index is 1.18. The van der Waals surface area contributed by atoms with Crippen molar-refractivity contribution in [3.05, 3.63) is 231 Å². The Morgan fingerprint density at radius 1 is 0.483 bits per heavy atom. The topological polar surface area (TPSA) is 30.2 Å². The largest absolute Gasteiger partial charge is 0.299 e. The molecule has 0 unspecified atom stereocenters. The maximum absolute atomic E-state index is 5.15. The van der Waals surface area contributed by atoms with Crippen LogP contribution in [-0.2, 0) is 0 Å². The van der Waals surface area contributed by atoms with Gasteiger partial charge in [-0.15, -0.1) is 0 Å². The molecule has 3 nitrogen and oxygen atoms in total. The van der Waals surface area contributed by atoms with Crippen LogP contribution in [0, 0.1) is 0 Å². The van der Waals surface area contributed by atoms with E-state index in [-0.39, 0.29) is 0 Å². The van der Waals surface area contributed by atoms with E-state index in [1.165, 1.54) is 27.1 Å². The number of fused-ring (bicyclic) bond motifs is 4. The minimum atomic E-state index is 0.835. The van der Waals surface area contributed by atoms with Crippen LogP contribution in [-0.4, -0.2) is 14.4 Å². The Hall–Kier alpha value is -7.88. The SMILES string of the molecule is C=C(/C=C\C=C/C)c1cc(-c2cc(-c3ccc(-c4c(-c5ccccc5)nc5ccccn45)cc3)cc(-c3cc4ccccc4c4ccccc34)c2)cc(-c2ccccc2)n1. The number of imidazole rings is 1. The second-order valence-electron chi connectivity index (χ2n) is 15.1. The Morgan fingerprint density at radius 2 is 1.10 bits per heavy atom. The van der Waals surface area contributed by atoms with E-state index >= 15 is 0 Å².